The van der Waals surface area contributed by atoms with Crippen LogP contribution in [0.4, 0.5) is 11.4 Å². The molecule has 1 rings (SSSR count). The van der Waals surface area contributed by atoms with Gasteiger partial charge in [-0.1, -0.05) is 0 Å². The van der Waals surface area contributed by atoms with Crippen molar-refractivity contribution < 1.29 is 14.8 Å². The number of nitro benzene ring substituents is 1. The number of carbonyl (C=O) groups excluding carboxylic acids is 1. The number of aliphatic hydroxyl groups is 1. The van der Waals surface area contributed by atoms with Crippen molar-refractivity contribution in [1.82, 2.24) is 5.32 Å². The van der Waals surface area contributed by atoms with Gasteiger partial charge in [0.15, 0.2) is 0 Å². The molecule has 0 atom stereocenters. The molecule has 110 valence electrons. The average molecular weight is 281 g/mol. The van der Waals surface area contributed by atoms with E-state index in [0.717, 1.165) is 0 Å². The Kier molecular flexibility index (Phi) is 5.04. The van der Waals surface area contributed by atoms with Crippen molar-refractivity contribution in [3.8, 4) is 0 Å². The minimum absolute atomic E-state index is 0.0388. The van der Waals surface area contributed by atoms with Crippen LogP contribution in [0.1, 0.15) is 30.6 Å². The Labute approximate surface area is 117 Å². The zero-order chi connectivity index (χ0) is 15.3. The molecule has 20 heavy (non-hydrogen) atoms. The highest BCUT2D eigenvalue weighted by Crippen LogP contribution is 2.29. The fourth-order valence-corrected chi connectivity index (χ4v) is 1.79. The molecular formula is C13H19N3O4. The maximum Gasteiger partial charge on any atom is 0.292 e. The highest BCUT2D eigenvalue weighted by Gasteiger charge is 2.23. The van der Waals surface area contributed by atoms with Gasteiger partial charge in [-0.05, 0) is 32.4 Å². The second-order valence-corrected chi connectivity index (χ2v) is 5.05. The van der Waals surface area contributed by atoms with E-state index in [4.69, 9.17) is 5.11 Å². The summed E-state index contributed by atoms with van der Waals surface area (Å²) in [7, 11) is 1.49. The Morgan fingerprint density at radius 2 is 2.10 bits per heavy atom. The van der Waals surface area contributed by atoms with Gasteiger partial charge >= 0.3 is 0 Å². The molecule has 3 N–H and O–H groups in total. The Hall–Kier alpha value is -2.15. The lowest BCUT2D eigenvalue weighted by Crippen LogP contribution is -2.32. The Bertz CT molecular complexity index is 514. The van der Waals surface area contributed by atoms with E-state index >= 15 is 0 Å². The Balaban J connectivity index is 3.19. The van der Waals surface area contributed by atoms with Gasteiger partial charge in [-0.3, -0.25) is 14.9 Å². The smallest absolute Gasteiger partial charge is 0.292 e. The third-order valence-corrected chi connectivity index (χ3v) is 2.89. The Morgan fingerprint density at radius 1 is 1.45 bits per heavy atom. The van der Waals surface area contributed by atoms with Crippen LogP contribution < -0.4 is 10.6 Å². The van der Waals surface area contributed by atoms with E-state index in [2.05, 4.69) is 10.6 Å². The quantitative estimate of drug-likeness (QED) is 0.541. The molecule has 1 aromatic carbocycles. The second-order valence-electron chi connectivity index (χ2n) is 5.05. The first-order valence-corrected chi connectivity index (χ1v) is 6.20. The number of hydrogen-bond donors (Lipinski definition) is 3. The van der Waals surface area contributed by atoms with E-state index in [9.17, 15) is 14.9 Å². The van der Waals surface area contributed by atoms with Crippen LogP contribution in [0.5, 0.6) is 0 Å². The van der Waals surface area contributed by atoms with Gasteiger partial charge in [-0.2, -0.15) is 0 Å². The van der Waals surface area contributed by atoms with E-state index in [0.29, 0.717) is 12.0 Å². The lowest BCUT2D eigenvalue weighted by atomic mass is 10.00. The molecule has 0 saturated carbocycles. The van der Waals surface area contributed by atoms with Crippen LogP contribution >= 0.6 is 0 Å². The van der Waals surface area contributed by atoms with E-state index in [1.807, 2.05) is 13.8 Å². The third-order valence-electron chi connectivity index (χ3n) is 2.89. The molecule has 0 heterocycles. The predicted octanol–water partition coefficient (Wildman–Crippen LogP) is 1.53. The fraction of sp³-hybridized carbons (Fsp3) is 0.462. The molecule has 0 bridgehead atoms. The van der Waals surface area contributed by atoms with Crippen LogP contribution in [0.25, 0.3) is 0 Å². The van der Waals surface area contributed by atoms with Crippen LogP contribution in [-0.4, -0.2) is 35.1 Å². The highest BCUT2D eigenvalue weighted by molar-refractivity contribution is 5.95. The van der Waals surface area contributed by atoms with Crippen molar-refractivity contribution in [2.75, 3.05) is 19.0 Å². The summed E-state index contributed by atoms with van der Waals surface area (Å²) in [5.74, 6) is -0.317. The second kappa shape index (κ2) is 6.33. The number of nitrogens with one attached hydrogen (secondary N) is 2. The minimum atomic E-state index is -0.527. The van der Waals surface area contributed by atoms with E-state index in [1.165, 1.54) is 25.2 Å². The van der Waals surface area contributed by atoms with Crippen molar-refractivity contribution >= 4 is 17.3 Å². The number of hydrogen-bond acceptors (Lipinski definition) is 5. The van der Waals surface area contributed by atoms with Crippen molar-refractivity contribution in [3.05, 3.63) is 33.9 Å². The average Bonchev–Trinajstić information content (AvgIpc) is 2.36. The van der Waals surface area contributed by atoms with E-state index in [1.54, 1.807) is 0 Å². The number of aliphatic hydroxyl groups excluding tert-OH is 1. The molecule has 1 amide bonds. The summed E-state index contributed by atoms with van der Waals surface area (Å²) in [6, 6.07) is 4.14. The molecule has 0 spiro atoms. The number of carbonyl (C=O) groups is 1. The van der Waals surface area contributed by atoms with Gasteiger partial charge in [-0.25, -0.2) is 0 Å². The van der Waals surface area contributed by atoms with Crippen LogP contribution in [0.2, 0.25) is 0 Å². The summed E-state index contributed by atoms with van der Waals surface area (Å²) >= 11 is 0. The largest absolute Gasteiger partial charge is 0.396 e. The zero-order valence-corrected chi connectivity index (χ0v) is 11.8. The molecule has 0 fully saturated rings. The molecule has 0 radical (unpaired) electrons. The normalized spacial score (nSPS) is 11.0. The molecule has 0 unspecified atom stereocenters. The van der Waals surface area contributed by atoms with Crippen molar-refractivity contribution in [2.45, 2.75) is 25.8 Å². The summed E-state index contributed by atoms with van der Waals surface area (Å²) < 4.78 is 0. The fourth-order valence-electron chi connectivity index (χ4n) is 1.79. The molecule has 0 aliphatic rings. The van der Waals surface area contributed by atoms with Gasteiger partial charge in [0, 0.05) is 30.8 Å². The lowest BCUT2D eigenvalue weighted by molar-refractivity contribution is -0.384. The SMILES string of the molecule is CNC(=O)c1ccc([N+](=O)[O-])c(NC(C)(C)CCO)c1. The molecule has 7 heteroatoms. The number of anilines is 1. The first kappa shape index (κ1) is 15.9. The van der Waals surface area contributed by atoms with Gasteiger partial charge in [-0.15, -0.1) is 0 Å². The maximum absolute atomic E-state index is 11.6. The molecule has 1 aromatic rings. The highest BCUT2D eigenvalue weighted by atomic mass is 16.6. The number of amides is 1. The van der Waals surface area contributed by atoms with Crippen LogP contribution in [0.15, 0.2) is 18.2 Å². The first-order valence-electron chi connectivity index (χ1n) is 6.20. The van der Waals surface area contributed by atoms with Crippen LogP contribution in [0.3, 0.4) is 0 Å². The molecule has 7 nitrogen and oxygen atoms in total. The summed E-state index contributed by atoms with van der Waals surface area (Å²) in [5.41, 5.74) is -0.0421. The summed E-state index contributed by atoms with van der Waals surface area (Å²) in [6.45, 7) is 3.60. The Morgan fingerprint density at radius 3 is 2.60 bits per heavy atom. The summed E-state index contributed by atoms with van der Waals surface area (Å²) in [4.78, 5) is 22.1. The molecule has 0 aliphatic carbocycles. The zero-order valence-electron chi connectivity index (χ0n) is 11.8. The summed E-state index contributed by atoms with van der Waals surface area (Å²) in [5, 5.41) is 25.5. The van der Waals surface area contributed by atoms with Crippen molar-refractivity contribution in [1.29, 1.82) is 0 Å². The van der Waals surface area contributed by atoms with Crippen molar-refractivity contribution in [2.24, 2.45) is 0 Å². The lowest BCUT2D eigenvalue weighted by Gasteiger charge is -2.26. The monoisotopic (exact) mass is 281 g/mol. The molecule has 0 aromatic heterocycles. The summed E-state index contributed by atoms with van der Waals surface area (Å²) in [6.07, 6.45) is 0.425. The predicted molar refractivity (Wildman–Crippen MR) is 75.9 cm³/mol. The number of nitrogens with zero attached hydrogens (tertiary/aromatic N) is 1. The first-order chi connectivity index (χ1) is 9.30. The number of benzene rings is 1. The third kappa shape index (κ3) is 3.92. The van der Waals surface area contributed by atoms with Gasteiger partial charge in [0.05, 0.1) is 4.92 Å². The number of nitro groups is 1. The van der Waals surface area contributed by atoms with Gasteiger partial charge < -0.3 is 15.7 Å². The standard InChI is InChI=1S/C13H19N3O4/c1-13(2,6-7-17)15-10-8-9(12(18)14-3)4-5-11(10)16(19)20/h4-5,8,15,17H,6-7H2,1-3H3,(H,14,18). The van der Waals surface area contributed by atoms with Gasteiger partial charge in [0.1, 0.15) is 5.69 Å². The molecular weight excluding hydrogens is 262 g/mol. The molecule has 0 aliphatic heterocycles. The maximum atomic E-state index is 11.6. The van der Waals surface area contributed by atoms with Crippen LogP contribution in [-0.2, 0) is 0 Å². The van der Waals surface area contributed by atoms with Crippen molar-refractivity contribution in [3.63, 3.8) is 0 Å². The van der Waals surface area contributed by atoms with E-state index in [-0.39, 0.29) is 23.9 Å². The van der Waals surface area contributed by atoms with E-state index < -0.39 is 10.5 Å². The molecule has 0 saturated heterocycles. The number of rotatable bonds is 6. The van der Waals surface area contributed by atoms with Crippen LogP contribution in [0, 0.1) is 10.1 Å². The van der Waals surface area contributed by atoms with Gasteiger partial charge in [0.2, 0.25) is 0 Å². The topological polar surface area (TPSA) is 104 Å². The van der Waals surface area contributed by atoms with Gasteiger partial charge in [0.25, 0.3) is 11.6 Å². The minimum Gasteiger partial charge on any atom is -0.396 e.